The summed E-state index contributed by atoms with van der Waals surface area (Å²) < 4.78 is 5.64. The smallest absolute Gasteiger partial charge is 0.410 e. The number of ether oxygens (including phenoxy) is 1. The second-order valence-corrected chi connectivity index (χ2v) is 11.2. The van der Waals surface area contributed by atoms with Crippen LogP contribution in [0.1, 0.15) is 65.6 Å². The molecule has 2 unspecified atom stereocenters. The molecular weight excluding hydrogens is 458 g/mol. The SMILES string of the molecule is CC(C)(C)OC(=O)N1CC(CCC(Nc2cccc(SN)n2)c2cc(Cl)ccn2)CC1(C)C. The molecule has 1 aliphatic rings. The zero-order valence-corrected chi connectivity index (χ0v) is 21.5. The molecule has 9 heteroatoms. The fraction of sp³-hybridized carbons (Fsp3) is 0.542. The van der Waals surface area contributed by atoms with Gasteiger partial charge in [0.2, 0.25) is 0 Å². The van der Waals surface area contributed by atoms with Gasteiger partial charge >= 0.3 is 6.09 Å². The Kier molecular flexibility index (Phi) is 8.13. The molecule has 1 saturated heterocycles. The lowest BCUT2D eigenvalue weighted by atomic mass is 9.91. The molecule has 2 aromatic heterocycles. The summed E-state index contributed by atoms with van der Waals surface area (Å²) in [5.74, 6) is 1.09. The third-order valence-corrected chi connectivity index (χ3v) is 6.41. The van der Waals surface area contributed by atoms with Gasteiger partial charge in [0.15, 0.2) is 0 Å². The van der Waals surface area contributed by atoms with Crippen LogP contribution in [0.4, 0.5) is 10.6 Å². The normalized spacial score (nSPS) is 18.8. The summed E-state index contributed by atoms with van der Waals surface area (Å²) >= 11 is 7.36. The molecule has 1 aliphatic heterocycles. The first-order valence-corrected chi connectivity index (χ1v) is 12.4. The van der Waals surface area contributed by atoms with Crippen molar-refractivity contribution in [3.63, 3.8) is 0 Å². The highest BCUT2D eigenvalue weighted by Gasteiger charge is 2.42. The van der Waals surface area contributed by atoms with Gasteiger partial charge in [-0.05, 0) is 96.0 Å². The van der Waals surface area contributed by atoms with Gasteiger partial charge in [0.25, 0.3) is 0 Å². The minimum Gasteiger partial charge on any atom is -0.444 e. The standard InChI is InChI=1S/C24H34ClN5O2S/c1-23(2,3)32-22(31)30-15-16(14-24(30,4)5)9-10-18(19-13-17(25)11-12-27-19)28-20-7-6-8-21(29-20)33-26/h6-8,11-13,16,18H,9-10,14-15,26H2,1-5H3,(H,28,29). The number of nitrogens with one attached hydrogen (secondary N) is 1. The maximum atomic E-state index is 12.8. The van der Waals surface area contributed by atoms with Crippen molar-refractivity contribution < 1.29 is 9.53 Å². The fourth-order valence-electron chi connectivity index (χ4n) is 4.27. The summed E-state index contributed by atoms with van der Waals surface area (Å²) in [5.41, 5.74) is 0.0942. The molecule has 0 spiro atoms. The summed E-state index contributed by atoms with van der Waals surface area (Å²) in [5, 5.41) is 10.6. The first kappa shape index (κ1) is 25.6. The number of hydrogen-bond acceptors (Lipinski definition) is 7. The van der Waals surface area contributed by atoms with Crippen molar-refractivity contribution >= 4 is 35.5 Å². The molecule has 1 fully saturated rings. The predicted molar refractivity (Wildman–Crippen MR) is 134 cm³/mol. The minimum absolute atomic E-state index is 0.0760. The third-order valence-electron chi connectivity index (χ3n) is 5.70. The van der Waals surface area contributed by atoms with E-state index in [4.69, 9.17) is 21.5 Å². The van der Waals surface area contributed by atoms with E-state index in [0.29, 0.717) is 17.5 Å². The topological polar surface area (TPSA) is 93.4 Å². The quantitative estimate of drug-likeness (QED) is 0.454. The monoisotopic (exact) mass is 491 g/mol. The Morgan fingerprint density at radius 1 is 1.39 bits per heavy atom. The van der Waals surface area contributed by atoms with E-state index in [-0.39, 0.29) is 17.7 Å². The molecule has 3 heterocycles. The van der Waals surface area contributed by atoms with Gasteiger partial charge in [-0.3, -0.25) is 10.1 Å². The van der Waals surface area contributed by atoms with Crippen LogP contribution < -0.4 is 10.5 Å². The van der Waals surface area contributed by atoms with E-state index < -0.39 is 5.60 Å². The summed E-state index contributed by atoms with van der Waals surface area (Å²) in [6.07, 6.45) is 4.12. The number of amides is 1. The van der Waals surface area contributed by atoms with E-state index in [1.165, 1.54) is 0 Å². The van der Waals surface area contributed by atoms with Gasteiger partial charge in [-0.25, -0.2) is 9.78 Å². The van der Waals surface area contributed by atoms with E-state index in [1.54, 1.807) is 12.3 Å². The highest BCUT2D eigenvalue weighted by atomic mass is 35.5. The molecule has 2 atom stereocenters. The highest BCUT2D eigenvalue weighted by molar-refractivity contribution is 7.97. The van der Waals surface area contributed by atoms with Crippen molar-refractivity contribution in [3.05, 3.63) is 47.2 Å². The fourth-order valence-corrected chi connectivity index (χ4v) is 4.74. The number of likely N-dealkylation sites (tertiary alicyclic amines) is 1. The number of anilines is 1. The van der Waals surface area contributed by atoms with Crippen LogP contribution in [0, 0.1) is 5.92 Å². The van der Waals surface area contributed by atoms with Crippen LogP contribution in [0.25, 0.3) is 0 Å². The van der Waals surface area contributed by atoms with E-state index in [1.807, 2.05) is 49.9 Å². The Bertz CT molecular complexity index is 966. The molecular formula is C24H34ClN5O2S. The molecule has 180 valence electrons. The zero-order valence-electron chi connectivity index (χ0n) is 20.0. The number of carbonyl (C=O) groups excluding carboxylic acids is 1. The molecule has 0 aliphatic carbocycles. The number of carbonyl (C=O) groups is 1. The Balaban J connectivity index is 1.72. The van der Waals surface area contributed by atoms with Gasteiger partial charge in [-0.2, -0.15) is 0 Å². The van der Waals surface area contributed by atoms with Crippen molar-refractivity contribution in [1.29, 1.82) is 0 Å². The van der Waals surface area contributed by atoms with Crippen LogP contribution in [-0.2, 0) is 4.74 Å². The van der Waals surface area contributed by atoms with Crippen molar-refractivity contribution in [2.75, 3.05) is 11.9 Å². The molecule has 2 aromatic rings. The first-order valence-electron chi connectivity index (χ1n) is 11.2. The van der Waals surface area contributed by atoms with Gasteiger partial charge in [0.1, 0.15) is 16.4 Å². The van der Waals surface area contributed by atoms with Gasteiger partial charge in [-0.15, -0.1) is 0 Å². The number of pyridine rings is 2. The number of nitrogens with zero attached hydrogens (tertiary/aromatic N) is 3. The van der Waals surface area contributed by atoms with Crippen LogP contribution in [0.15, 0.2) is 41.6 Å². The Labute approximate surface area is 206 Å². The lowest BCUT2D eigenvalue weighted by Crippen LogP contribution is -2.45. The highest BCUT2D eigenvalue weighted by Crippen LogP contribution is 2.37. The maximum absolute atomic E-state index is 12.8. The van der Waals surface area contributed by atoms with Crippen LogP contribution >= 0.6 is 23.5 Å². The van der Waals surface area contributed by atoms with Crippen molar-refractivity contribution in [3.8, 4) is 0 Å². The molecule has 0 aromatic carbocycles. The van der Waals surface area contributed by atoms with Crippen LogP contribution in [-0.4, -0.2) is 38.6 Å². The van der Waals surface area contributed by atoms with Crippen LogP contribution in [0.5, 0.6) is 0 Å². The molecule has 7 nitrogen and oxygen atoms in total. The molecule has 0 bridgehead atoms. The van der Waals surface area contributed by atoms with E-state index >= 15 is 0 Å². The summed E-state index contributed by atoms with van der Waals surface area (Å²) in [6.45, 7) is 10.6. The molecule has 1 amide bonds. The van der Waals surface area contributed by atoms with Crippen molar-refractivity contribution in [2.24, 2.45) is 11.1 Å². The van der Waals surface area contributed by atoms with Crippen LogP contribution in [0.2, 0.25) is 5.02 Å². The number of hydrogen-bond donors (Lipinski definition) is 2. The van der Waals surface area contributed by atoms with E-state index in [2.05, 4.69) is 29.1 Å². The van der Waals surface area contributed by atoms with E-state index in [0.717, 1.165) is 47.7 Å². The largest absolute Gasteiger partial charge is 0.444 e. The number of rotatable bonds is 7. The molecule has 0 radical (unpaired) electrons. The van der Waals surface area contributed by atoms with E-state index in [9.17, 15) is 4.79 Å². The Morgan fingerprint density at radius 2 is 2.15 bits per heavy atom. The predicted octanol–water partition coefficient (Wildman–Crippen LogP) is 6.06. The number of nitrogens with two attached hydrogens (primary N) is 1. The zero-order chi connectivity index (χ0) is 24.2. The number of aromatic nitrogens is 2. The first-order chi connectivity index (χ1) is 15.5. The molecule has 33 heavy (non-hydrogen) atoms. The average molecular weight is 492 g/mol. The maximum Gasteiger partial charge on any atom is 0.410 e. The average Bonchev–Trinajstić information content (AvgIpc) is 3.04. The summed E-state index contributed by atoms with van der Waals surface area (Å²) in [7, 11) is 0. The summed E-state index contributed by atoms with van der Waals surface area (Å²) in [6, 6.07) is 9.28. The lowest BCUT2D eigenvalue weighted by molar-refractivity contribution is 0.0131. The lowest BCUT2D eigenvalue weighted by Gasteiger charge is -2.33. The van der Waals surface area contributed by atoms with Gasteiger partial charge in [0.05, 0.1) is 11.7 Å². The second-order valence-electron chi connectivity index (χ2n) is 10.1. The van der Waals surface area contributed by atoms with Gasteiger partial charge < -0.3 is 15.0 Å². The van der Waals surface area contributed by atoms with Crippen LogP contribution in [0.3, 0.4) is 0 Å². The van der Waals surface area contributed by atoms with Crippen molar-refractivity contribution in [2.45, 2.75) is 76.1 Å². The Morgan fingerprint density at radius 3 is 2.82 bits per heavy atom. The molecule has 0 saturated carbocycles. The molecule has 3 rings (SSSR count). The minimum atomic E-state index is -0.512. The van der Waals surface area contributed by atoms with Crippen molar-refractivity contribution in [1.82, 2.24) is 14.9 Å². The molecule has 3 N–H and O–H groups in total. The third kappa shape index (κ3) is 7.22. The van der Waals surface area contributed by atoms with Gasteiger partial charge in [-0.1, -0.05) is 17.7 Å². The second kappa shape index (κ2) is 10.5. The number of halogens is 1. The van der Waals surface area contributed by atoms with Gasteiger partial charge in [0, 0.05) is 23.3 Å². The Hall–Kier alpha value is -2.03. The summed E-state index contributed by atoms with van der Waals surface area (Å²) in [4.78, 5) is 23.7.